The highest BCUT2D eigenvalue weighted by molar-refractivity contribution is 6.08. The van der Waals surface area contributed by atoms with E-state index in [2.05, 4.69) is 78.0 Å². The van der Waals surface area contributed by atoms with Crippen molar-refractivity contribution >= 4 is 27.5 Å². The summed E-state index contributed by atoms with van der Waals surface area (Å²) in [6.45, 7) is 10.1. The fraction of sp³-hybridized carbons (Fsp3) is 0.308. The van der Waals surface area contributed by atoms with Crippen LogP contribution in [0, 0.1) is 6.92 Å². The van der Waals surface area contributed by atoms with Gasteiger partial charge in [-0.2, -0.15) is 0 Å². The molecule has 0 aliphatic heterocycles. The van der Waals surface area contributed by atoms with Crippen LogP contribution >= 0.6 is 0 Å². The molecule has 2 nitrogen and oxygen atoms in total. The smallest absolute Gasteiger partial charge is 0.0488 e. The van der Waals surface area contributed by atoms with Crippen LogP contribution in [0.25, 0.3) is 21.8 Å². The minimum absolute atomic E-state index is 1.25. The minimum atomic E-state index is 1.25. The molecule has 28 heavy (non-hydrogen) atoms. The van der Waals surface area contributed by atoms with E-state index in [9.17, 15) is 0 Å². The number of hydrogen-bond acceptors (Lipinski definition) is 1. The maximum Gasteiger partial charge on any atom is 0.0488 e. The number of hydrogen-bond donors (Lipinski definition) is 0. The number of anilines is 1. The van der Waals surface area contributed by atoms with Gasteiger partial charge >= 0.3 is 0 Å². The van der Waals surface area contributed by atoms with Gasteiger partial charge in [-0.1, -0.05) is 75.7 Å². The molecule has 0 spiro atoms. The number of aryl methyl sites for hydroxylation is 2. The summed E-state index contributed by atoms with van der Waals surface area (Å²) in [6, 6.07) is 25.4. The lowest BCUT2D eigenvalue weighted by molar-refractivity contribution is 1.01. The van der Waals surface area contributed by atoms with Gasteiger partial charge in [0.25, 0.3) is 0 Å². The highest BCUT2D eigenvalue weighted by Gasteiger charge is 2.06. The SMILES string of the molecule is CC.CC.CN(C)c1ccccc1.Cc1ccc2c(c1)c1ccccc1n2C. The van der Waals surface area contributed by atoms with Gasteiger partial charge in [0, 0.05) is 48.6 Å². The van der Waals surface area contributed by atoms with Crippen LogP contribution in [0.15, 0.2) is 72.8 Å². The van der Waals surface area contributed by atoms with E-state index < -0.39 is 0 Å². The van der Waals surface area contributed by atoms with E-state index >= 15 is 0 Å². The van der Waals surface area contributed by atoms with Crippen molar-refractivity contribution < 1.29 is 0 Å². The molecule has 150 valence electrons. The van der Waals surface area contributed by atoms with Crippen LogP contribution in [0.4, 0.5) is 5.69 Å². The highest BCUT2D eigenvalue weighted by Crippen LogP contribution is 2.28. The Hall–Kier alpha value is -2.74. The molecule has 2 heteroatoms. The number of fused-ring (bicyclic) bond motifs is 3. The molecule has 0 amide bonds. The molecule has 0 bridgehead atoms. The third kappa shape index (κ3) is 5.63. The average molecular weight is 377 g/mol. The van der Waals surface area contributed by atoms with Crippen LogP contribution in [0.5, 0.6) is 0 Å². The normalized spacial score (nSPS) is 9.43. The van der Waals surface area contributed by atoms with Crippen molar-refractivity contribution in [3.05, 3.63) is 78.4 Å². The summed E-state index contributed by atoms with van der Waals surface area (Å²) in [5.74, 6) is 0. The summed E-state index contributed by atoms with van der Waals surface area (Å²) in [6.07, 6.45) is 0. The van der Waals surface area contributed by atoms with Gasteiger partial charge in [0.15, 0.2) is 0 Å². The van der Waals surface area contributed by atoms with Crippen molar-refractivity contribution in [3.8, 4) is 0 Å². The van der Waals surface area contributed by atoms with Crippen molar-refractivity contribution in [1.29, 1.82) is 0 Å². The summed E-state index contributed by atoms with van der Waals surface area (Å²) in [5, 5.41) is 2.70. The molecule has 0 aliphatic carbocycles. The molecular weight excluding hydrogens is 340 g/mol. The number of para-hydroxylation sites is 2. The van der Waals surface area contributed by atoms with E-state index in [4.69, 9.17) is 0 Å². The van der Waals surface area contributed by atoms with Crippen LogP contribution < -0.4 is 4.90 Å². The number of nitrogens with zero attached hydrogens (tertiary/aromatic N) is 2. The second kappa shape index (κ2) is 11.9. The van der Waals surface area contributed by atoms with E-state index in [0.29, 0.717) is 0 Å². The van der Waals surface area contributed by atoms with Gasteiger partial charge in [-0.05, 0) is 37.3 Å². The van der Waals surface area contributed by atoms with E-state index in [0.717, 1.165) is 0 Å². The molecule has 0 N–H and O–H groups in total. The van der Waals surface area contributed by atoms with E-state index in [1.54, 1.807) is 0 Å². The molecule has 1 aromatic heterocycles. The summed E-state index contributed by atoms with van der Waals surface area (Å²) < 4.78 is 2.25. The highest BCUT2D eigenvalue weighted by atomic mass is 15.1. The van der Waals surface area contributed by atoms with E-state index in [-0.39, 0.29) is 0 Å². The zero-order valence-corrected chi connectivity index (χ0v) is 18.8. The molecule has 0 aliphatic rings. The van der Waals surface area contributed by atoms with Gasteiger partial charge in [0.1, 0.15) is 0 Å². The first kappa shape index (κ1) is 23.3. The summed E-state index contributed by atoms with van der Waals surface area (Å²) in [5.41, 5.74) is 5.18. The van der Waals surface area contributed by atoms with Crippen LogP contribution in [-0.4, -0.2) is 18.7 Å². The summed E-state index contributed by atoms with van der Waals surface area (Å²) >= 11 is 0. The quantitative estimate of drug-likeness (QED) is 0.335. The lowest BCUT2D eigenvalue weighted by Crippen LogP contribution is -2.07. The second-order valence-corrected chi connectivity index (χ2v) is 6.33. The fourth-order valence-corrected chi connectivity index (χ4v) is 3.01. The first-order valence-electron chi connectivity index (χ1n) is 10.2. The Labute approximate surface area is 171 Å². The Morgan fingerprint density at radius 3 is 1.75 bits per heavy atom. The topological polar surface area (TPSA) is 8.17 Å². The largest absolute Gasteiger partial charge is 0.378 e. The Bertz CT molecular complexity index is 950. The third-order valence-corrected chi connectivity index (χ3v) is 4.34. The van der Waals surface area contributed by atoms with Crippen molar-refractivity contribution in [2.75, 3.05) is 19.0 Å². The number of aromatic nitrogens is 1. The average Bonchev–Trinajstić information content (AvgIpc) is 3.04. The van der Waals surface area contributed by atoms with Crippen molar-refractivity contribution in [2.24, 2.45) is 7.05 Å². The zero-order valence-electron chi connectivity index (χ0n) is 18.8. The molecule has 0 unspecified atom stereocenters. The number of benzene rings is 3. The molecule has 0 atom stereocenters. The molecule has 0 fully saturated rings. The standard InChI is InChI=1S/C14H13N.C8H11N.2C2H6/c1-10-7-8-14-12(9-10)11-5-3-4-6-13(11)15(14)2;1-9(2)8-6-4-3-5-7-8;2*1-2/h3-9H,1-2H3;3-7H,1-2H3;2*1-2H3. The lowest BCUT2D eigenvalue weighted by Gasteiger charge is -2.10. The lowest BCUT2D eigenvalue weighted by atomic mass is 10.1. The second-order valence-electron chi connectivity index (χ2n) is 6.33. The third-order valence-electron chi connectivity index (χ3n) is 4.34. The zero-order chi connectivity index (χ0) is 21.1. The van der Waals surface area contributed by atoms with Crippen molar-refractivity contribution in [2.45, 2.75) is 34.6 Å². The van der Waals surface area contributed by atoms with Crippen molar-refractivity contribution in [3.63, 3.8) is 0 Å². The van der Waals surface area contributed by atoms with Crippen LogP contribution in [0.1, 0.15) is 33.3 Å². The van der Waals surface area contributed by atoms with Crippen LogP contribution in [0.2, 0.25) is 0 Å². The Kier molecular flexibility index (Phi) is 9.87. The molecule has 1 heterocycles. The number of rotatable bonds is 1. The van der Waals surface area contributed by atoms with Crippen LogP contribution in [0.3, 0.4) is 0 Å². The van der Waals surface area contributed by atoms with Gasteiger partial charge in [-0.25, -0.2) is 0 Å². The Morgan fingerprint density at radius 1 is 0.643 bits per heavy atom. The maximum absolute atomic E-state index is 2.26. The monoisotopic (exact) mass is 376 g/mol. The molecule has 0 saturated carbocycles. The maximum atomic E-state index is 2.26. The van der Waals surface area contributed by atoms with E-state index in [1.807, 2.05) is 60.0 Å². The van der Waals surface area contributed by atoms with Gasteiger partial charge in [-0.15, -0.1) is 0 Å². The summed E-state index contributed by atoms with van der Waals surface area (Å²) in [4.78, 5) is 2.08. The Balaban J connectivity index is 0.000000260. The van der Waals surface area contributed by atoms with Gasteiger partial charge < -0.3 is 9.47 Å². The molecule has 4 rings (SSSR count). The fourth-order valence-electron chi connectivity index (χ4n) is 3.01. The van der Waals surface area contributed by atoms with E-state index in [1.165, 1.54) is 33.1 Å². The molecule has 3 aromatic carbocycles. The molecule has 0 saturated heterocycles. The van der Waals surface area contributed by atoms with Gasteiger partial charge in [-0.3, -0.25) is 0 Å². The van der Waals surface area contributed by atoms with Gasteiger partial charge in [0.05, 0.1) is 0 Å². The first-order valence-corrected chi connectivity index (χ1v) is 10.2. The minimum Gasteiger partial charge on any atom is -0.378 e. The Morgan fingerprint density at radius 2 is 1.18 bits per heavy atom. The molecular formula is C26H36N2. The first-order chi connectivity index (χ1) is 13.6. The van der Waals surface area contributed by atoms with Gasteiger partial charge in [0.2, 0.25) is 0 Å². The molecule has 4 aromatic rings. The predicted octanol–water partition coefficient (Wildman–Crippen LogP) is 7.44. The van der Waals surface area contributed by atoms with Crippen molar-refractivity contribution in [1.82, 2.24) is 4.57 Å². The summed E-state index contributed by atoms with van der Waals surface area (Å²) in [7, 11) is 6.20. The predicted molar refractivity (Wildman–Crippen MR) is 129 cm³/mol. The van der Waals surface area contributed by atoms with Crippen LogP contribution in [-0.2, 0) is 7.05 Å². The molecule has 0 radical (unpaired) electrons.